The number of methoxy groups -OCH3 is 2. The van der Waals surface area contributed by atoms with Crippen LogP contribution in [0.1, 0.15) is 6.92 Å². The summed E-state index contributed by atoms with van der Waals surface area (Å²) in [6.07, 6.45) is 0. The first-order valence-electron chi connectivity index (χ1n) is 8.10. The molecule has 1 aliphatic heterocycles. The summed E-state index contributed by atoms with van der Waals surface area (Å²) < 4.78 is 37.9. The molecule has 1 heterocycles. The molecule has 1 aliphatic rings. The fourth-order valence-electron chi connectivity index (χ4n) is 2.68. The smallest absolute Gasteiger partial charge is 0.264 e. The number of ether oxygens (including phenoxy) is 2. The second kappa shape index (κ2) is 7.32. The average molecular weight is 409 g/mol. The Morgan fingerprint density at radius 2 is 1.85 bits per heavy atom. The van der Waals surface area contributed by atoms with Gasteiger partial charge < -0.3 is 14.8 Å². The molecular formula is C18H20N2O5S2. The van der Waals surface area contributed by atoms with Crippen molar-refractivity contribution < 1.29 is 22.7 Å². The number of benzene rings is 2. The number of anilines is 2. The number of carbonyl (C=O) groups is 1. The van der Waals surface area contributed by atoms with Crippen LogP contribution in [0.2, 0.25) is 0 Å². The van der Waals surface area contributed by atoms with Gasteiger partial charge in [-0.15, -0.1) is 11.8 Å². The van der Waals surface area contributed by atoms with Gasteiger partial charge in [-0.2, -0.15) is 0 Å². The molecule has 0 aliphatic carbocycles. The molecule has 144 valence electrons. The number of rotatable bonds is 5. The predicted octanol–water partition coefficient (Wildman–Crippen LogP) is 2.96. The third-order valence-electron chi connectivity index (χ3n) is 4.27. The van der Waals surface area contributed by atoms with Crippen LogP contribution in [-0.2, 0) is 14.8 Å². The summed E-state index contributed by atoms with van der Waals surface area (Å²) in [4.78, 5) is 12.8. The zero-order valence-corrected chi connectivity index (χ0v) is 17.0. The van der Waals surface area contributed by atoms with E-state index in [2.05, 4.69) is 5.32 Å². The first-order valence-corrected chi connectivity index (χ1v) is 10.4. The van der Waals surface area contributed by atoms with Gasteiger partial charge in [0.2, 0.25) is 5.91 Å². The Morgan fingerprint density at radius 1 is 1.11 bits per heavy atom. The van der Waals surface area contributed by atoms with E-state index in [0.29, 0.717) is 22.9 Å². The number of nitrogens with one attached hydrogen (secondary N) is 1. The maximum Gasteiger partial charge on any atom is 0.264 e. The lowest BCUT2D eigenvalue weighted by Crippen LogP contribution is -2.29. The molecule has 7 nitrogen and oxygen atoms in total. The predicted molar refractivity (Wildman–Crippen MR) is 106 cm³/mol. The van der Waals surface area contributed by atoms with E-state index in [9.17, 15) is 13.2 Å². The molecule has 0 radical (unpaired) electrons. The van der Waals surface area contributed by atoms with Gasteiger partial charge in [0.15, 0.2) is 0 Å². The highest BCUT2D eigenvalue weighted by molar-refractivity contribution is 8.01. The highest BCUT2D eigenvalue weighted by Crippen LogP contribution is 2.39. The molecule has 2 aromatic carbocycles. The summed E-state index contributed by atoms with van der Waals surface area (Å²) in [7, 11) is 0.545. The van der Waals surface area contributed by atoms with Crippen molar-refractivity contribution >= 4 is 39.1 Å². The second-order valence-electron chi connectivity index (χ2n) is 5.92. The number of hydrogen-bond donors (Lipinski definition) is 1. The van der Waals surface area contributed by atoms with E-state index in [0.717, 1.165) is 9.20 Å². The molecule has 1 amide bonds. The maximum absolute atomic E-state index is 13.1. The quantitative estimate of drug-likeness (QED) is 0.819. The summed E-state index contributed by atoms with van der Waals surface area (Å²) in [5, 5.41) is 2.54. The second-order valence-corrected chi connectivity index (χ2v) is 9.27. The average Bonchev–Trinajstić information content (AvgIpc) is 2.67. The highest BCUT2D eigenvalue weighted by atomic mass is 32.2. The van der Waals surface area contributed by atoms with Crippen LogP contribution in [0.15, 0.2) is 46.2 Å². The third kappa shape index (κ3) is 3.57. The minimum Gasteiger partial charge on any atom is -0.497 e. The van der Waals surface area contributed by atoms with E-state index in [1.54, 1.807) is 31.2 Å². The number of thioether (sulfide) groups is 1. The third-order valence-corrected chi connectivity index (χ3v) is 7.21. The molecule has 0 spiro atoms. The van der Waals surface area contributed by atoms with Crippen LogP contribution in [0.4, 0.5) is 11.4 Å². The topological polar surface area (TPSA) is 84.9 Å². The van der Waals surface area contributed by atoms with Crippen LogP contribution >= 0.6 is 11.8 Å². The van der Waals surface area contributed by atoms with E-state index in [1.165, 1.54) is 45.2 Å². The number of amides is 1. The Labute approximate surface area is 162 Å². The summed E-state index contributed by atoms with van der Waals surface area (Å²) in [6, 6.07) is 9.65. The monoisotopic (exact) mass is 408 g/mol. The Hall–Kier alpha value is -2.39. The van der Waals surface area contributed by atoms with Crippen LogP contribution in [0.5, 0.6) is 11.5 Å². The minimum absolute atomic E-state index is 0.0732. The number of hydrogen-bond acceptors (Lipinski definition) is 6. The van der Waals surface area contributed by atoms with Crippen molar-refractivity contribution in [3.8, 4) is 11.5 Å². The van der Waals surface area contributed by atoms with Gasteiger partial charge >= 0.3 is 0 Å². The van der Waals surface area contributed by atoms with E-state index < -0.39 is 10.0 Å². The molecule has 0 aromatic heterocycles. The van der Waals surface area contributed by atoms with Gasteiger partial charge in [-0.3, -0.25) is 9.10 Å². The highest BCUT2D eigenvalue weighted by Gasteiger charge is 2.28. The standard InChI is InChI=1S/C18H20N2O5S2/c1-11-18(21)19-14-10-13(6-8-17(14)26-11)27(22,23)20(2)15-9-12(24-3)5-7-16(15)25-4/h5-11H,1-4H3,(H,19,21). The lowest BCUT2D eigenvalue weighted by atomic mass is 10.3. The van der Waals surface area contributed by atoms with Gasteiger partial charge in [0.25, 0.3) is 10.0 Å². The van der Waals surface area contributed by atoms with Gasteiger partial charge in [0.05, 0.1) is 35.7 Å². The minimum atomic E-state index is -3.88. The largest absolute Gasteiger partial charge is 0.497 e. The van der Waals surface area contributed by atoms with Gasteiger partial charge in [-0.1, -0.05) is 0 Å². The van der Waals surface area contributed by atoms with Crippen molar-refractivity contribution in [2.75, 3.05) is 30.9 Å². The molecular weight excluding hydrogens is 388 g/mol. The zero-order valence-electron chi connectivity index (χ0n) is 15.3. The van der Waals surface area contributed by atoms with Crippen molar-refractivity contribution in [1.29, 1.82) is 0 Å². The SMILES string of the molecule is COc1ccc(OC)c(N(C)S(=O)(=O)c2ccc3c(c2)NC(=O)C(C)S3)c1. The first kappa shape index (κ1) is 19.4. The van der Waals surface area contributed by atoms with E-state index in [1.807, 2.05) is 0 Å². The van der Waals surface area contributed by atoms with Gasteiger partial charge in [0.1, 0.15) is 11.5 Å². The van der Waals surface area contributed by atoms with Gasteiger partial charge in [-0.05, 0) is 37.3 Å². The molecule has 27 heavy (non-hydrogen) atoms. The van der Waals surface area contributed by atoms with Crippen molar-refractivity contribution in [2.24, 2.45) is 0 Å². The molecule has 3 rings (SSSR count). The molecule has 1 atom stereocenters. The lowest BCUT2D eigenvalue weighted by molar-refractivity contribution is -0.115. The summed E-state index contributed by atoms with van der Waals surface area (Å²) in [5.41, 5.74) is 0.844. The molecule has 1 N–H and O–H groups in total. The molecule has 0 bridgehead atoms. The summed E-state index contributed by atoms with van der Waals surface area (Å²) in [6.45, 7) is 1.80. The van der Waals surface area contributed by atoms with Crippen molar-refractivity contribution in [3.05, 3.63) is 36.4 Å². The van der Waals surface area contributed by atoms with Crippen molar-refractivity contribution in [3.63, 3.8) is 0 Å². The van der Waals surface area contributed by atoms with Crippen molar-refractivity contribution in [2.45, 2.75) is 22.0 Å². The molecule has 2 aromatic rings. The summed E-state index contributed by atoms with van der Waals surface area (Å²) >= 11 is 1.40. The fraction of sp³-hybridized carbons (Fsp3) is 0.278. The van der Waals surface area contributed by atoms with Gasteiger partial charge in [-0.25, -0.2) is 8.42 Å². The van der Waals surface area contributed by atoms with E-state index >= 15 is 0 Å². The van der Waals surface area contributed by atoms with Gasteiger partial charge in [0, 0.05) is 18.0 Å². The molecule has 0 saturated carbocycles. The van der Waals surface area contributed by atoms with Crippen LogP contribution in [0.25, 0.3) is 0 Å². The Morgan fingerprint density at radius 3 is 2.52 bits per heavy atom. The van der Waals surface area contributed by atoms with Crippen LogP contribution in [0.3, 0.4) is 0 Å². The number of fused-ring (bicyclic) bond motifs is 1. The van der Waals surface area contributed by atoms with Crippen LogP contribution in [-0.4, -0.2) is 40.8 Å². The Kier molecular flexibility index (Phi) is 5.25. The number of carbonyl (C=O) groups excluding carboxylic acids is 1. The normalized spacial score (nSPS) is 16.3. The number of nitrogens with zero attached hydrogens (tertiary/aromatic N) is 1. The van der Waals surface area contributed by atoms with Crippen LogP contribution < -0.4 is 19.1 Å². The molecule has 1 unspecified atom stereocenters. The Balaban J connectivity index is 2.02. The lowest BCUT2D eigenvalue weighted by Gasteiger charge is -2.25. The fourth-order valence-corrected chi connectivity index (χ4v) is 4.83. The Bertz CT molecular complexity index is 991. The molecule has 0 saturated heterocycles. The zero-order chi connectivity index (χ0) is 19.8. The molecule has 9 heteroatoms. The number of sulfonamides is 1. The van der Waals surface area contributed by atoms with E-state index in [-0.39, 0.29) is 16.1 Å². The first-order chi connectivity index (χ1) is 12.8. The van der Waals surface area contributed by atoms with E-state index in [4.69, 9.17) is 9.47 Å². The molecule has 0 fully saturated rings. The maximum atomic E-state index is 13.1. The van der Waals surface area contributed by atoms with Crippen LogP contribution in [0, 0.1) is 0 Å². The van der Waals surface area contributed by atoms with Crippen molar-refractivity contribution in [1.82, 2.24) is 0 Å². The summed E-state index contributed by atoms with van der Waals surface area (Å²) in [5.74, 6) is 0.762.